The largest absolute Gasteiger partial charge is 0.473 e. The van der Waals surface area contributed by atoms with E-state index in [4.69, 9.17) is 9.47 Å². The Morgan fingerprint density at radius 3 is 2.38 bits per heavy atom. The summed E-state index contributed by atoms with van der Waals surface area (Å²) in [5.41, 5.74) is 1.19. The van der Waals surface area contributed by atoms with Crippen LogP contribution in [-0.4, -0.2) is 50.0 Å². The number of nitro groups is 1. The summed E-state index contributed by atoms with van der Waals surface area (Å²) >= 11 is 4.74. The summed E-state index contributed by atoms with van der Waals surface area (Å²) in [5, 5.41) is 33.5. The fourth-order valence-electron chi connectivity index (χ4n) is 2.84. The number of hydrogen-bond donors (Lipinski definition) is 1. The van der Waals surface area contributed by atoms with Gasteiger partial charge in [-0.25, -0.2) is 0 Å². The molecule has 4 aromatic rings. The summed E-state index contributed by atoms with van der Waals surface area (Å²) in [7, 11) is 0. The molecule has 0 fully saturated rings. The minimum atomic E-state index is -0.464. The number of hydrogen-bond acceptors (Lipinski definition) is 13. The highest BCUT2D eigenvalue weighted by Gasteiger charge is 2.07. The Morgan fingerprint density at radius 2 is 1.65 bits per heavy atom. The van der Waals surface area contributed by atoms with Crippen molar-refractivity contribution in [3.8, 4) is 11.5 Å². The average Bonchev–Trinajstić information content (AvgIpc) is 3.55. The highest BCUT2D eigenvalue weighted by Crippen LogP contribution is 2.22. The predicted molar refractivity (Wildman–Crippen MR) is 147 cm³/mol. The lowest BCUT2D eigenvalue weighted by atomic mass is 10.2. The molecular formula is C23H23N7O4S3. The monoisotopic (exact) mass is 557 g/mol. The number of rotatable bonds is 14. The number of nitro benzene ring substituents is 1. The summed E-state index contributed by atoms with van der Waals surface area (Å²) in [4.78, 5) is 14.4. The molecule has 0 aliphatic carbocycles. The van der Waals surface area contributed by atoms with Crippen LogP contribution in [-0.2, 0) is 12.8 Å². The van der Waals surface area contributed by atoms with Crippen molar-refractivity contribution >= 4 is 56.8 Å². The molecule has 4 rings (SSSR count). The van der Waals surface area contributed by atoms with E-state index in [0.717, 1.165) is 45.2 Å². The van der Waals surface area contributed by atoms with E-state index in [9.17, 15) is 10.1 Å². The maximum atomic E-state index is 10.7. The first-order valence-electron chi connectivity index (χ1n) is 11.1. The number of anilines is 1. The smallest absolute Gasteiger partial charge is 0.269 e. The minimum absolute atomic E-state index is 0.000627. The summed E-state index contributed by atoms with van der Waals surface area (Å²) in [6, 6.07) is 13.6. The standard InChI is InChI=1S/C23H23N7O4S3/c1-16-2-6-18(7-3-16)33-14-24-22-28-26-20(36-22)10-12-35-13-11-21-27-29-23(37-21)25-15-34-19-8-4-17(5-9-19)30(31)32/h2-9,15H,10-14H2,1H3,(H,24,28)/b25-15-. The molecule has 0 aliphatic heterocycles. The quantitative estimate of drug-likeness (QED) is 0.0542. The second-order valence-electron chi connectivity index (χ2n) is 7.47. The molecule has 0 amide bonds. The number of nitrogens with one attached hydrogen (secondary N) is 1. The van der Waals surface area contributed by atoms with Crippen molar-refractivity contribution in [1.29, 1.82) is 0 Å². The number of aryl methyl sites for hydroxylation is 3. The summed E-state index contributed by atoms with van der Waals surface area (Å²) in [5.74, 6) is 3.10. The van der Waals surface area contributed by atoms with E-state index in [1.165, 1.54) is 58.9 Å². The lowest BCUT2D eigenvalue weighted by molar-refractivity contribution is -0.384. The van der Waals surface area contributed by atoms with E-state index in [-0.39, 0.29) is 5.69 Å². The van der Waals surface area contributed by atoms with E-state index < -0.39 is 4.92 Å². The Morgan fingerprint density at radius 1 is 0.973 bits per heavy atom. The molecule has 0 saturated heterocycles. The number of nitrogens with zero attached hydrogens (tertiary/aromatic N) is 6. The number of aliphatic imine (C=N–C) groups is 1. The van der Waals surface area contributed by atoms with Gasteiger partial charge in [0.15, 0.2) is 13.1 Å². The van der Waals surface area contributed by atoms with Gasteiger partial charge in [0.1, 0.15) is 21.5 Å². The van der Waals surface area contributed by atoms with Gasteiger partial charge in [-0.3, -0.25) is 10.1 Å². The van der Waals surface area contributed by atoms with Crippen LogP contribution in [0.15, 0.2) is 53.5 Å². The van der Waals surface area contributed by atoms with Crippen molar-refractivity contribution in [3.05, 3.63) is 74.2 Å². The molecule has 1 N–H and O–H groups in total. The number of thioether (sulfide) groups is 1. The molecule has 2 aromatic carbocycles. The normalized spacial score (nSPS) is 11.1. The Labute approximate surface area is 225 Å². The predicted octanol–water partition coefficient (Wildman–Crippen LogP) is 5.31. The van der Waals surface area contributed by atoms with Crippen molar-refractivity contribution in [3.63, 3.8) is 0 Å². The topological polar surface area (TPSA) is 138 Å². The van der Waals surface area contributed by atoms with Crippen molar-refractivity contribution in [2.24, 2.45) is 4.99 Å². The SMILES string of the molecule is Cc1ccc(OCNc2nnc(CCSCCc3nnc(/N=C\Oc4ccc([N+](=O)[O-])cc4)s3)s2)cc1. The molecule has 0 saturated carbocycles. The second-order valence-corrected chi connectivity index (χ2v) is 10.8. The van der Waals surface area contributed by atoms with Gasteiger partial charge >= 0.3 is 0 Å². The summed E-state index contributed by atoms with van der Waals surface area (Å²) in [6.07, 6.45) is 2.88. The number of non-ortho nitro benzene ring substituents is 1. The van der Waals surface area contributed by atoms with Crippen LogP contribution in [0.3, 0.4) is 0 Å². The zero-order valence-electron chi connectivity index (χ0n) is 19.8. The van der Waals surface area contributed by atoms with Crippen LogP contribution in [0.25, 0.3) is 0 Å². The van der Waals surface area contributed by atoms with Crippen LogP contribution < -0.4 is 14.8 Å². The third-order valence-electron chi connectivity index (χ3n) is 4.73. The molecule has 2 heterocycles. The van der Waals surface area contributed by atoms with Gasteiger partial charge < -0.3 is 14.8 Å². The van der Waals surface area contributed by atoms with E-state index in [0.29, 0.717) is 17.6 Å². The fraction of sp³-hybridized carbons (Fsp3) is 0.261. The highest BCUT2D eigenvalue weighted by molar-refractivity contribution is 7.99. The molecule has 0 radical (unpaired) electrons. The third kappa shape index (κ3) is 8.77. The van der Waals surface area contributed by atoms with Gasteiger partial charge in [0.2, 0.25) is 10.3 Å². The molecule has 0 spiro atoms. The van der Waals surface area contributed by atoms with E-state index in [2.05, 4.69) is 30.7 Å². The molecule has 11 nitrogen and oxygen atoms in total. The first kappa shape index (κ1) is 26.4. The van der Waals surface area contributed by atoms with Crippen LogP contribution in [0, 0.1) is 17.0 Å². The zero-order valence-corrected chi connectivity index (χ0v) is 22.2. The third-order valence-corrected chi connectivity index (χ3v) is 7.54. The Kier molecular flexibility index (Phi) is 9.74. The van der Waals surface area contributed by atoms with Crippen molar-refractivity contribution in [2.45, 2.75) is 19.8 Å². The zero-order chi connectivity index (χ0) is 25.9. The Hall–Kier alpha value is -3.62. The number of aromatic nitrogens is 4. The van der Waals surface area contributed by atoms with Crippen LogP contribution in [0.2, 0.25) is 0 Å². The molecule has 192 valence electrons. The Balaban J connectivity index is 1.09. The first-order chi connectivity index (χ1) is 18.0. The van der Waals surface area contributed by atoms with Gasteiger partial charge in [-0.1, -0.05) is 40.4 Å². The molecule has 0 unspecified atom stereocenters. The molecule has 14 heteroatoms. The lowest BCUT2D eigenvalue weighted by Crippen LogP contribution is -2.08. The average molecular weight is 558 g/mol. The molecule has 2 aromatic heterocycles. The molecular weight excluding hydrogens is 534 g/mol. The lowest BCUT2D eigenvalue weighted by Gasteiger charge is -2.06. The van der Waals surface area contributed by atoms with Crippen LogP contribution >= 0.6 is 34.4 Å². The van der Waals surface area contributed by atoms with E-state index >= 15 is 0 Å². The summed E-state index contributed by atoms with van der Waals surface area (Å²) in [6.45, 7) is 2.38. The fourth-order valence-corrected chi connectivity index (χ4v) is 5.37. The van der Waals surface area contributed by atoms with Gasteiger partial charge in [0, 0.05) is 25.0 Å². The molecule has 0 atom stereocenters. The van der Waals surface area contributed by atoms with Crippen LogP contribution in [0.1, 0.15) is 15.6 Å². The number of ether oxygens (including phenoxy) is 2. The molecule has 37 heavy (non-hydrogen) atoms. The van der Waals surface area contributed by atoms with Gasteiger partial charge in [-0.15, -0.1) is 20.4 Å². The van der Waals surface area contributed by atoms with Gasteiger partial charge in [0.25, 0.3) is 5.69 Å². The minimum Gasteiger partial charge on any atom is -0.473 e. The summed E-state index contributed by atoms with van der Waals surface area (Å²) < 4.78 is 11.0. The van der Waals surface area contributed by atoms with Gasteiger partial charge in [-0.05, 0) is 42.7 Å². The second kappa shape index (κ2) is 13.6. The first-order valence-corrected chi connectivity index (χ1v) is 13.9. The van der Waals surface area contributed by atoms with Crippen molar-refractivity contribution in [1.82, 2.24) is 20.4 Å². The maximum Gasteiger partial charge on any atom is 0.269 e. The van der Waals surface area contributed by atoms with E-state index in [1.54, 1.807) is 0 Å². The van der Waals surface area contributed by atoms with Crippen molar-refractivity contribution < 1.29 is 14.4 Å². The van der Waals surface area contributed by atoms with Gasteiger partial charge in [0.05, 0.1) is 4.92 Å². The number of benzene rings is 2. The van der Waals surface area contributed by atoms with Gasteiger partial charge in [-0.2, -0.15) is 16.8 Å². The maximum absolute atomic E-state index is 10.7. The van der Waals surface area contributed by atoms with Crippen molar-refractivity contribution in [2.75, 3.05) is 23.6 Å². The highest BCUT2D eigenvalue weighted by atomic mass is 32.2. The Bertz CT molecular complexity index is 1310. The molecule has 0 bridgehead atoms. The van der Waals surface area contributed by atoms with Crippen LogP contribution in [0.4, 0.5) is 16.0 Å². The van der Waals surface area contributed by atoms with E-state index in [1.807, 2.05) is 43.0 Å². The molecule has 0 aliphatic rings. The van der Waals surface area contributed by atoms with Crippen LogP contribution in [0.5, 0.6) is 11.5 Å².